The SMILES string of the molecule is O[C@@H]1CCCSc2ccccc21. The number of benzene rings is 1. The number of hydrogen-bond donors (Lipinski definition) is 1. The lowest BCUT2D eigenvalue weighted by atomic mass is 10.1. The van der Waals surface area contributed by atoms with Gasteiger partial charge in [-0.3, -0.25) is 0 Å². The maximum Gasteiger partial charge on any atom is 0.0801 e. The Morgan fingerprint density at radius 2 is 2.17 bits per heavy atom. The maximum atomic E-state index is 9.73. The number of rotatable bonds is 0. The number of aliphatic hydroxyl groups is 1. The standard InChI is InChI=1S/C10H12OS/c11-9-5-3-7-12-10-6-2-1-4-8(9)10/h1-2,4,6,9,11H,3,5,7H2/t9-/m1/s1. The third-order valence-corrected chi connectivity index (χ3v) is 3.33. The van der Waals surface area contributed by atoms with Crippen LogP contribution in [0.2, 0.25) is 0 Å². The first-order valence-corrected chi connectivity index (χ1v) is 5.26. The van der Waals surface area contributed by atoms with Crippen LogP contribution in [0.25, 0.3) is 0 Å². The molecular formula is C10H12OS. The Kier molecular flexibility index (Phi) is 2.38. The normalized spacial score (nSPS) is 22.9. The molecule has 1 nitrogen and oxygen atoms in total. The van der Waals surface area contributed by atoms with Crippen LogP contribution in [0.3, 0.4) is 0 Å². The van der Waals surface area contributed by atoms with Crippen LogP contribution in [0, 0.1) is 0 Å². The van der Waals surface area contributed by atoms with Crippen molar-refractivity contribution in [2.24, 2.45) is 0 Å². The summed E-state index contributed by atoms with van der Waals surface area (Å²) in [6, 6.07) is 8.14. The van der Waals surface area contributed by atoms with E-state index in [4.69, 9.17) is 0 Å². The first-order chi connectivity index (χ1) is 5.88. The van der Waals surface area contributed by atoms with Crippen molar-refractivity contribution in [3.63, 3.8) is 0 Å². The van der Waals surface area contributed by atoms with Crippen molar-refractivity contribution in [2.45, 2.75) is 23.8 Å². The zero-order chi connectivity index (χ0) is 8.39. The van der Waals surface area contributed by atoms with Crippen LogP contribution in [0.15, 0.2) is 29.2 Å². The minimum atomic E-state index is -0.240. The summed E-state index contributed by atoms with van der Waals surface area (Å²) >= 11 is 1.85. The Bertz CT molecular complexity index is 272. The molecule has 1 aromatic carbocycles. The van der Waals surface area contributed by atoms with Gasteiger partial charge in [0.05, 0.1) is 6.10 Å². The van der Waals surface area contributed by atoms with Gasteiger partial charge in [0.15, 0.2) is 0 Å². The molecule has 0 fully saturated rings. The molecule has 12 heavy (non-hydrogen) atoms. The van der Waals surface area contributed by atoms with Crippen molar-refractivity contribution < 1.29 is 5.11 Å². The summed E-state index contributed by atoms with van der Waals surface area (Å²) in [5.74, 6) is 1.13. The topological polar surface area (TPSA) is 20.2 Å². The summed E-state index contributed by atoms with van der Waals surface area (Å²) in [7, 11) is 0. The first kappa shape index (κ1) is 8.14. The van der Waals surface area contributed by atoms with E-state index in [0.717, 1.165) is 24.2 Å². The molecule has 0 unspecified atom stereocenters. The average Bonchev–Trinajstić information content (AvgIpc) is 2.29. The molecule has 1 aliphatic heterocycles. The van der Waals surface area contributed by atoms with Crippen LogP contribution in [0.5, 0.6) is 0 Å². The Hall–Kier alpha value is -0.470. The number of fused-ring (bicyclic) bond motifs is 1. The van der Waals surface area contributed by atoms with Gasteiger partial charge in [-0.1, -0.05) is 18.2 Å². The highest BCUT2D eigenvalue weighted by atomic mass is 32.2. The molecule has 1 aromatic rings. The molecule has 0 radical (unpaired) electrons. The summed E-state index contributed by atoms with van der Waals surface area (Å²) in [5.41, 5.74) is 1.11. The molecule has 1 aliphatic rings. The molecule has 1 N–H and O–H groups in total. The number of hydrogen-bond acceptors (Lipinski definition) is 2. The summed E-state index contributed by atoms with van der Waals surface area (Å²) in [5, 5.41) is 9.73. The highest BCUT2D eigenvalue weighted by molar-refractivity contribution is 7.99. The van der Waals surface area contributed by atoms with Crippen LogP contribution in [0.4, 0.5) is 0 Å². The van der Waals surface area contributed by atoms with Crippen LogP contribution >= 0.6 is 11.8 Å². The molecule has 0 bridgehead atoms. The van der Waals surface area contributed by atoms with E-state index >= 15 is 0 Å². The highest BCUT2D eigenvalue weighted by Gasteiger charge is 2.15. The van der Waals surface area contributed by atoms with Crippen molar-refractivity contribution in [3.8, 4) is 0 Å². The van der Waals surface area contributed by atoms with E-state index in [1.807, 2.05) is 30.0 Å². The summed E-state index contributed by atoms with van der Waals surface area (Å²) in [6.45, 7) is 0. The minimum Gasteiger partial charge on any atom is -0.388 e. The van der Waals surface area contributed by atoms with Gasteiger partial charge in [0, 0.05) is 4.90 Å². The van der Waals surface area contributed by atoms with E-state index < -0.39 is 0 Å². The number of aliphatic hydroxyl groups excluding tert-OH is 1. The molecule has 0 aromatic heterocycles. The highest BCUT2D eigenvalue weighted by Crippen LogP contribution is 2.33. The molecule has 1 heterocycles. The largest absolute Gasteiger partial charge is 0.388 e. The molecule has 0 aliphatic carbocycles. The van der Waals surface area contributed by atoms with Gasteiger partial charge in [-0.15, -0.1) is 11.8 Å². The minimum absolute atomic E-state index is 0.240. The van der Waals surface area contributed by atoms with Gasteiger partial charge in [-0.25, -0.2) is 0 Å². The molecule has 2 heteroatoms. The molecule has 0 amide bonds. The molecule has 64 valence electrons. The van der Waals surface area contributed by atoms with E-state index in [0.29, 0.717) is 0 Å². The Labute approximate surface area is 76.8 Å². The van der Waals surface area contributed by atoms with E-state index in [-0.39, 0.29) is 6.10 Å². The van der Waals surface area contributed by atoms with Gasteiger partial charge in [0.25, 0.3) is 0 Å². The summed E-state index contributed by atoms with van der Waals surface area (Å²) in [4.78, 5) is 1.25. The van der Waals surface area contributed by atoms with E-state index in [2.05, 4.69) is 6.07 Å². The predicted octanol–water partition coefficient (Wildman–Crippen LogP) is 2.61. The first-order valence-electron chi connectivity index (χ1n) is 4.28. The van der Waals surface area contributed by atoms with E-state index in [9.17, 15) is 5.11 Å². The van der Waals surface area contributed by atoms with Gasteiger partial charge >= 0.3 is 0 Å². The van der Waals surface area contributed by atoms with Crippen molar-refractivity contribution in [2.75, 3.05) is 5.75 Å². The van der Waals surface area contributed by atoms with Crippen LogP contribution < -0.4 is 0 Å². The predicted molar refractivity (Wildman–Crippen MR) is 51.4 cm³/mol. The Balaban J connectivity index is 2.39. The van der Waals surface area contributed by atoms with Gasteiger partial charge in [0.1, 0.15) is 0 Å². The van der Waals surface area contributed by atoms with E-state index in [1.54, 1.807) is 0 Å². The van der Waals surface area contributed by atoms with Crippen LogP contribution in [-0.2, 0) is 0 Å². The Morgan fingerprint density at radius 3 is 3.08 bits per heavy atom. The van der Waals surface area contributed by atoms with Gasteiger partial charge in [-0.05, 0) is 30.2 Å². The number of thioether (sulfide) groups is 1. The van der Waals surface area contributed by atoms with Gasteiger partial charge < -0.3 is 5.11 Å². The molecule has 0 spiro atoms. The van der Waals surface area contributed by atoms with Crippen molar-refractivity contribution in [1.82, 2.24) is 0 Å². The van der Waals surface area contributed by atoms with Crippen LogP contribution in [0.1, 0.15) is 24.5 Å². The van der Waals surface area contributed by atoms with Gasteiger partial charge in [-0.2, -0.15) is 0 Å². The zero-order valence-electron chi connectivity index (χ0n) is 6.86. The van der Waals surface area contributed by atoms with Gasteiger partial charge in [0.2, 0.25) is 0 Å². The summed E-state index contributed by atoms with van der Waals surface area (Å²) < 4.78 is 0. The lowest BCUT2D eigenvalue weighted by Gasteiger charge is -2.09. The van der Waals surface area contributed by atoms with Crippen molar-refractivity contribution >= 4 is 11.8 Å². The third-order valence-electron chi connectivity index (χ3n) is 2.16. The quantitative estimate of drug-likeness (QED) is 0.662. The van der Waals surface area contributed by atoms with Crippen LogP contribution in [-0.4, -0.2) is 10.9 Å². The maximum absolute atomic E-state index is 9.73. The molecule has 2 rings (SSSR count). The molecule has 0 saturated carbocycles. The average molecular weight is 180 g/mol. The molecule has 0 saturated heterocycles. The molecular weight excluding hydrogens is 168 g/mol. The summed E-state index contributed by atoms with van der Waals surface area (Å²) in [6.07, 6.45) is 1.78. The fourth-order valence-corrected chi connectivity index (χ4v) is 2.58. The van der Waals surface area contributed by atoms with E-state index in [1.165, 1.54) is 4.90 Å². The second-order valence-electron chi connectivity index (χ2n) is 3.04. The fraction of sp³-hybridized carbons (Fsp3) is 0.400. The third kappa shape index (κ3) is 1.50. The van der Waals surface area contributed by atoms with Crippen molar-refractivity contribution in [1.29, 1.82) is 0 Å². The monoisotopic (exact) mass is 180 g/mol. The second kappa shape index (κ2) is 3.50. The second-order valence-corrected chi connectivity index (χ2v) is 4.18. The zero-order valence-corrected chi connectivity index (χ0v) is 7.68. The Morgan fingerprint density at radius 1 is 1.33 bits per heavy atom. The molecule has 1 atom stereocenters. The lowest BCUT2D eigenvalue weighted by molar-refractivity contribution is 0.165. The lowest BCUT2D eigenvalue weighted by Crippen LogP contribution is -1.95. The fourth-order valence-electron chi connectivity index (χ4n) is 1.50. The van der Waals surface area contributed by atoms with Crippen molar-refractivity contribution in [3.05, 3.63) is 29.8 Å². The smallest absolute Gasteiger partial charge is 0.0801 e.